The third kappa shape index (κ3) is 42.2. The van der Waals surface area contributed by atoms with Crippen LogP contribution in [0, 0.1) is 0 Å². The standard InChI is InChI=1S/2C28H50O3S.Ca/c2*1-2-3-4-5-6-7-8-9-10-11-12-13-14-15-16-17-18-19-20-21-22-27-23-25-28(26-24-27)32(29,30)31;/h2*23-26H,2-22H2,1H3,(H,29,30,31);/q;;+2/p-2. The van der Waals surface area contributed by atoms with Crippen molar-refractivity contribution in [2.45, 2.75) is 293 Å². The predicted octanol–water partition coefficient (Wildman–Crippen LogP) is 17.5. The third-order valence-electron chi connectivity index (χ3n) is 13.1. The minimum atomic E-state index is -4.32. The number of hydrogen-bond donors (Lipinski definition) is 0. The maximum atomic E-state index is 10.9. The zero-order valence-electron chi connectivity index (χ0n) is 42.3. The minimum absolute atomic E-state index is 0. The van der Waals surface area contributed by atoms with Crippen molar-refractivity contribution in [1.82, 2.24) is 0 Å². The van der Waals surface area contributed by atoms with Gasteiger partial charge in [-0.3, -0.25) is 0 Å². The van der Waals surface area contributed by atoms with Gasteiger partial charge in [-0.1, -0.05) is 282 Å². The summed E-state index contributed by atoms with van der Waals surface area (Å²) in [6.07, 6.45) is 57.2. The summed E-state index contributed by atoms with van der Waals surface area (Å²) < 4.78 is 65.6. The molecule has 6 nitrogen and oxygen atoms in total. The Bertz CT molecular complexity index is 1400. The molecular formula is C56H98CaO6S2. The second-order valence-corrected chi connectivity index (χ2v) is 21.9. The Morgan fingerprint density at radius 3 is 0.585 bits per heavy atom. The minimum Gasteiger partial charge on any atom is -0.744 e. The summed E-state index contributed by atoms with van der Waals surface area (Å²) in [6.45, 7) is 4.57. The summed E-state index contributed by atoms with van der Waals surface area (Å²) in [5.74, 6) is 0. The molecular weight excluding hydrogens is 873 g/mol. The average molecular weight is 972 g/mol. The van der Waals surface area contributed by atoms with E-state index in [1.807, 2.05) is 0 Å². The first-order chi connectivity index (χ1) is 31.1. The zero-order chi connectivity index (χ0) is 46.7. The zero-order valence-corrected chi connectivity index (χ0v) is 46.1. The van der Waals surface area contributed by atoms with Crippen LogP contribution in [0.3, 0.4) is 0 Å². The first-order valence-electron chi connectivity index (χ1n) is 27.2. The van der Waals surface area contributed by atoms with E-state index < -0.39 is 20.2 Å². The fourth-order valence-corrected chi connectivity index (χ4v) is 9.75. The van der Waals surface area contributed by atoms with Gasteiger partial charge in [-0.25, -0.2) is 16.8 Å². The Morgan fingerprint density at radius 2 is 0.431 bits per heavy atom. The first kappa shape index (κ1) is 64.5. The molecule has 0 amide bonds. The molecule has 0 aliphatic heterocycles. The van der Waals surface area contributed by atoms with Gasteiger partial charge in [-0.05, 0) is 61.1 Å². The quantitative estimate of drug-likeness (QED) is 0.0371. The fourth-order valence-electron chi connectivity index (χ4n) is 8.81. The summed E-state index contributed by atoms with van der Waals surface area (Å²) in [5.41, 5.74) is 2.22. The van der Waals surface area contributed by atoms with E-state index in [1.54, 1.807) is 24.3 Å². The smallest absolute Gasteiger partial charge is 0.744 e. The Hall–Kier alpha value is -0.480. The van der Waals surface area contributed by atoms with Gasteiger partial charge in [0.2, 0.25) is 0 Å². The van der Waals surface area contributed by atoms with Gasteiger partial charge in [0.05, 0.1) is 9.79 Å². The molecule has 0 atom stereocenters. The summed E-state index contributed by atoms with van der Waals surface area (Å²) in [5, 5.41) is 0. The molecule has 0 bridgehead atoms. The number of benzene rings is 2. The van der Waals surface area contributed by atoms with Gasteiger partial charge in [-0.2, -0.15) is 0 Å². The van der Waals surface area contributed by atoms with E-state index in [2.05, 4.69) is 13.8 Å². The van der Waals surface area contributed by atoms with E-state index in [0.717, 1.165) is 36.8 Å². The summed E-state index contributed by atoms with van der Waals surface area (Å²) in [6, 6.07) is 12.8. The average Bonchev–Trinajstić information content (AvgIpc) is 3.27. The van der Waals surface area contributed by atoms with Crippen molar-refractivity contribution in [2.75, 3.05) is 0 Å². The van der Waals surface area contributed by atoms with Crippen molar-refractivity contribution >= 4 is 58.0 Å². The molecule has 0 aliphatic carbocycles. The monoisotopic (exact) mass is 971 g/mol. The molecule has 2 rings (SSSR count). The van der Waals surface area contributed by atoms with E-state index in [4.69, 9.17) is 0 Å². The molecule has 0 fully saturated rings. The third-order valence-corrected chi connectivity index (χ3v) is 14.8. The molecule has 2 aromatic carbocycles. The Kier molecular flexibility index (Phi) is 45.6. The van der Waals surface area contributed by atoms with Crippen LogP contribution in [0.4, 0.5) is 0 Å². The second-order valence-electron chi connectivity index (χ2n) is 19.1. The molecule has 372 valence electrons. The van der Waals surface area contributed by atoms with Crippen molar-refractivity contribution in [3.63, 3.8) is 0 Å². The van der Waals surface area contributed by atoms with E-state index in [1.165, 1.54) is 268 Å². The van der Waals surface area contributed by atoms with Gasteiger partial charge >= 0.3 is 37.7 Å². The summed E-state index contributed by atoms with van der Waals surface area (Å²) in [7, 11) is -8.65. The Balaban J connectivity index is 0.00000124. The molecule has 0 aromatic heterocycles. The molecule has 0 spiro atoms. The summed E-state index contributed by atoms with van der Waals surface area (Å²) >= 11 is 0. The predicted molar refractivity (Wildman–Crippen MR) is 278 cm³/mol. The molecule has 0 radical (unpaired) electrons. The maximum absolute atomic E-state index is 10.9. The SMILES string of the molecule is CCCCCCCCCCCCCCCCCCCCCCc1ccc(S(=O)(=O)[O-])cc1.CCCCCCCCCCCCCCCCCCCCCCc1ccc(S(=O)(=O)[O-])cc1.[Ca+2]. The second kappa shape index (κ2) is 45.9. The van der Waals surface area contributed by atoms with Gasteiger partial charge in [0.15, 0.2) is 0 Å². The largest absolute Gasteiger partial charge is 2.00 e. The number of unbranched alkanes of at least 4 members (excludes halogenated alkanes) is 38. The van der Waals surface area contributed by atoms with Crippen LogP contribution in [0.2, 0.25) is 0 Å². The molecule has 0 saturated carbocycles. The number of rotatable bonds is 44. The molecule has 0 saturated heterocycles. The van der Waals surface area contributed by atoms with Crippen LogP contribution in [0.15, 0.2) is 58.3 Å². The van der Waals surface area contributed by atoms with E-state index >= 15 is 0 Å². The molecule has 0 N–H and O–H groups in total. The normalized spacial score (nSPS) is 11.6. The van der Waals surface area contributed by atoms with Crippen LogP contribution in [-0.2, 0) is 33.1 Å². The van der Waals surface area contributed by atoms with Gasteiger partial charge < -0.3 is 9.11 Å². The van der Waals surface area contributed by atoms with Gasteiger partial charge in [0.1, 0.15) is 20.2 Å². The fraction of sp³-hybridized carbons (Fsp3) is 0.786. The molecule has 0 aliphatic rings. The van der Waals surface area contributed by atoms with Crippen molar-refractivity contribution in [3.05, 3.63) is 59.7 Å². The van der Waals surface area contributed by atoms with Crippen LogP contribution >= 0.6 is 0 Å². The van der Waals surface area contributed by atoms with Gasteiger partial charge in [0, 0.05) is 0 Å². The van der Waals surface area contributed by atoms with Crippen LogP contribution in [0.1, 0.15) is 282 Å². The summed E-state index contributed by atoms with van der Waals surface area (Å²) in [4.78, 5) is -0.269. The van der Waals surface area contributed by atoms with Gasteiger partial charge in [-0.15, -0.1) is 0 Å². The Labute approximate surface area is 433 Å². The Morgan fingerprint density at radius 1 is 0.277 bits per heavy atom. The molecule has 65 heavy (non-hydrogen) atoms. The number of aryl methyl sites for hydroxylation is 2. The van der Waals surface area contributed by atoms with E-state index in [9.17, 15) is 25.9 Å². The molecule has 9 heteroatoms. The molecule has 0 heterocycles. The molecule has 2 aromatic rings. The van der Waals surface area contributed by atoms with Gasteiger partial charge in [0.25, 0.3) is 0 Å². The van der Waals surface area contributed by atoms with Crippen LogP contribution in [0.5, 0.6) is 0 Å². The number of hydrogen-bond acceptors (Lipinski definition) is 6. The van der Waals surface area contributed by atoms with E-state index in [0.29, 0.717) is 0 Å². The maximum Gasteiger partial charge on any atom is 2.00 e. The van der Waals surface area contributed by atoms with Crippen molar-refractivity contribution < 1.29 is 25.9 Å². The first-order valence-corrected chi connectivity index (χ1v) is 30.0. The van der Waals surface area contributed by atoms with Crippen LogP contribution in [0.25, 0.3) is 0 Å². The van der Waals surface area contributed by atoms with Crippen LogP contribution in [-0.4, -0.2) is 63.7 Å². The van der Waals surface area contributed by atoms with E-state index in [-0.39, 0.29) is 47.5 Å². The van der Waals surface area contributed by atoms with Crippen molar-refractivity contribution in [2.24, 2.45) is 0 Å². The topological polar surface area (TPSA) is 114 Å². The van der Waals surface area contributed by atoms with Crippen molar-refractivity contribution in [1.29, 1.82) is 0 Å². The van der Waals surface area contributed by atoms with Crippen molar-refractivity contribution in [3.8, 4) is 0 Å². The van der Waals surface area contributed by atoms with Crippen LogP contribution < -0.4 is 0 Å². The molecule has 0 unspecified atom stereocenters.